The number of nitrogens with one attached hydrogen (secondary N) is 2. The van der Waals surface area contributed by atoms with Gasteiger partial charge in [-0.05, 0) is 57.4 Å². The van der Waals surface area contributed by atoms with Crippen LogP contribution in [0.5, 0.6) is 5.75 Å². The van der Waals surface area contributed by atoms with Gasteiger partial charge in [-0.2, -0.15) is 0 Å². The van der Waals surface area contributed by atoms with Crippen molar-refractivity contribution in [3.63, 3.8) is 0 Å². The lowest BCUT2D eigenvalue weighted by Crippen LogP contribution is -2.49. The number of benzene rings is 1. The van der Waals surface area contributed by atoms with E-state index in [2.05, 4.69) is 40.7 Å². The lowest BCUT2D eigenvalue weighted by molar-refractivity contribution is 0.197. The molecule has 4 rings (SSSR count). The van der Waals surface area contributed by atoms with E-state index in [-0.39, 0.29) is 0 Å². The van der Waals surface area contributed by atoms with Crippen LogP contribution in [-0.4, -0.2) is 49.2 Å². The van der Waals surface area contributed by atoms with Crippen molar-refractivity contribution in [1.82, 2.24) is 15.5 Å². The molecular formula is C22H34N4O. The van der Waals surface area contributed by atoms with E-state index in [1.165, 1.54) is 57.2 Å². The third-order valence-electron chi connectivity index (χ3n) is 5.83. The van der Waals surface area contributed by atoms with Crippen LogP contribution < -0.4 is 15.4 Å². The summed E-state index contributed by atoms with van der Waals surface area (Å²) in [5, 5.41) is 7.07. The Bertz CT molecular complexity index is 631. The SMILES string of the molecule is CCNC(=NCc1ccccc1OCC1CC1)NC1CCN(C2CC2)CC1. The minimum atomic E-state index is 0.527. The van der Waals surface area contributed by atoms with Crippen molar-refractivity contribution in [3.8, 4) is 5.75 Å². The van der Waals surface area contributed by atoms with Crippen molar-refractivity contribution in [2.24, 2.45) is 10.9 Å². The van der Waals surface area contributed by atoms with E-state index in [1.54, 1.807) is 0 Å². The molecule has 1 aromatic rings. The van der Waals surface area contributed by atoms with Gasteiger partial charge in [0.15, 0.2) is 5.96 Å². The molecule has 5 nitrogen and oxygen atoms in total. The number of para-hydroxylation sites is 1. The van der Waals surface area contributed by atoms with Crippen LogP contribution in [0.2, 0.25) is 0 Å². The highest BCUT2D eigenvalue weighted by Crippen LogP contribution is 2.31. The number of aliphatic imine (C=N–C) groups is 1. The van der Waals surface area contributed by atoms with Crippen molar-refractivity contribution < 1.29 is 4.74 Å². The number of ether oxygens (including phenoxy) is 1. The maximum Gasteiger partial charge on any atom is 0.191 e. The lowest BCUT2D eigenvalue weighted by atomic mass is 10.1. The van der Waals surface area contributed by atoms with Gasteiger partial charge < -0.3 is 20.3 Å². The van der Waals surface area contributed by atoms with E-state index in [9.17, 15) is 0 Å². The maximum absolute atomic E-state index is 6.03. The monoisotopic (exact) mass is 370 g/mol. The van der Waals surface area contributed by atoms with Crippen LogP contribution in [0.3, 0.4) is 0 Å². The Balaban J connectivity index is 1.32. The fourth-order valence-electron chi connectivity index (χ4n) is 3.79. The molecule has 1 aliphatic heterocycles. The Kier molecular flexibility index (Phi) is 6.17. The standard InChI is InChI=1S/C22H34N4O/c1-2-23-22(25-19-11-13-26(14-12-19)20-9-10-20)24-15-18-5-3-4-6-21(18)27-16-17-7-8-17/h3-6,17,19-20H,2,7-16H2,1H3,(H2,23,24,25). The Hall–Kier alpha value is -1.75. The molecule has 3 aliphatic rings. The summed E-state index contributed by atoms with van der Waals surface area (Å²) in [4.78, 5) is 7.51. The first kappa shape index (κ1) is 18.6. The number of nitrogens with zero attached hydrogens (tertiary/aromatic N) is 2. The van der Waals surface area contributed by atoms with E-state index in [0.29, 0.717) is 12.6 Å². The minimum absolute atomic E-state index is 0.527. The maximum atomic E-state index is 6.03. The predicted octanol–water partition coefficient (Wildman–Crippen LogP) is 3.16. The molecule has 0 unspecified atom stereocenters. The van der Waals surface area contributed by atoms with Crippen LogP contribution in [0.15, 0.2) is 29.3 Å². The molecule has 2 N–H and O–H groups in total. The molecule has 1 saturated heterocycles. The molecule has 0 amide bonds. The predicted molar refractivity (Wildman–Crippen MR) is 110 cm³/mol. The van der Waals surface area contributed by atoms with Crippen LogP contribution in [0.25, 0.3) is 0 Å². The molecule has 0 aromatic heterocycles. The Morgan fingerprint density at radius 1 is 1.11 bits per heavy atom. The van der Waals surface area contributed by atoms with Gasteiger partial charge in [0.05, 0.1) is 13.2 Å². The molecular weight excluding hydrogens is 336 g/mol. The van der Waals surface area contributed by atoms with Gasteiger partial charge in [0, 0.05) is 37.3 Å². The van der Waals surface area contributed by atoms with E-state index in [4.69, 9.17) is 9.73 Å². The van der Waals surface area contributed by atoms with Crippen molar-refractivity contribution in [3.05, 3.63) is 29.8 Å². The summed E-state index contributed by atoms with van der Waals surface area (Å²) in [7, 11) is 0. The zero-order valence-electron chi connectivity index (χ0n) is 16.6. The van der Waals surface area contributed by atoms with Gasteiger partial charge in [-0.1, -0.05) is 18.2 Å². The zero-order chi connectivity index (χ0) is 18.5. The summed E-state index contributed by atoms with van der Waals surface area (Å²) < 4.78 is 6.03. The summed E-state index contributed by atoms with van der Waals surface area (Å²) in [5.74, 6) is 2.68. The van der Waals surface area contributed by atoms with Gasteiger partial charge in [-0.15, -0.1) is 0 Å². The molecule has 0 bridgehead atoms. The molecule has 2 saturated carbocycles. The number of guanidine groups is 1. The third-order valence-corrected chi connectivity index (χ3v) is 5.83. The van der Waals surface area contributed by atoms with Crippen molar-refractivity contribution >= 4 is 5.96 Å². The third kappa shape index (κ3) is 5.61. The molecule has 5 heteroatoms. The summed E-state index contributed by atoms with van der Waals surface area (Å²) in [6, 6.07) is 9.74. The zero-order valence-corrected chi connectivity index (χ0v) is 16.6. The Morgan fingerprint density at radius 2 is 1.89 bits per heavy atom. The molecule has 1 aromatic carbocycles. The second kappa shape index (κ2) is 8.96. The number of likely N-dealkylation sites (tertiary alicyclic amines) is 1. The summed E-state index contributed by atoms with van der Waals surface area (Å²) in [5.41, 5.74) is 1.17. The fourth-order valence-corrected chi connectivity index (χ4v) is 3.79. The average Bonchev–Trinajstić information content (AvgIpc) is 3.59. The second-order valence-electron chi connectivity index (χ2n) is 8.24. The molecule has 148 valence electrons. The van der Waals surface area contributed by atoms with Gasteiger partial charge in [0.1, 0.15) is 5.75 Å². The average molecular weight is 371 g/mol. The molecule has 0 spiro atoms. The highest BCUT2D eigenvalue weighted by molar-refractivity contribution is 5.80. The van der Waals surface area contributed by atoms with E-state index in [0.717, 1.165) is 36.8 Å². The highest BCUT2D eigenvalue weighted by Gasteiger charge is 2.31. The van der Waals surface area contributed by atoms with Crippen LogP contribution in [-0.2, 0) is 6.54 Å². The molecule has 0 radical (unpaired) electrons. The second-order valence-corrected chi connectivity index (χ2v) is 8.24. The van der Waals surface area contributed by atoms with Crippen molar-refractivity contribution in [2.75, 3.05) is 26.2 Å². The minimum Gasteiger partial charge on any atom is -0.493 e. The van der Waals surface area contributed by atoms with Crippen LogP contribution in [0.4, 0.5) is 0 Å². The Labute approximate surface area is 163 Å². The first-order chi connectivity index (χ1) is 13.3. The van der Waals surface area contributed by atoms with Gasteiger partial charge in [0.25, 0.3) is 0 Å². The van der Waals surface area contributed by atoms with Gasteiger partial charge in [-0.3, -0.25) is 0 Å². The van der Waals surface area contributed by atoms with E-state index >= 15 is 0 Å². The number of hydrogen-bond donors (Lipinski definition) is 2. The topological polar surface area (TPSA) is 48.9 Å². The normalized spacial score (nSPS) is 21.9. The first-order valence-electron chi connectivity index (χ1n) is 10.8. The van der Waals surface area contributed by atoms with E-state index in [1.807, 2.05) is 6.07 Å². The van der Waals surface area contributed by atoms with Crippen molar-refractivity contribution in [2.45, 2.75) is 64.1 Å². The smallest absolute Gasteiger partial charge is 0.191 e. The molecule has 2 aliphatic carbocycles. The van der Waals surface area contributed by atoms with Gasteiger partial charge in [0.2, 0.25) is 0 Å². The van der Waals surface area contributed by atoms with E-state index < -0.39 is 0 Å². The quantitative estimate of drug-likeness (QED) is 0.545. The summed E-state index contributed by atoms with van der Waals surface area (Å²) in [6.45, 7) is 6.95. The largest absolute Gasteiger partial charge is 0.493 e. The molecule has 27 heavy (non-hydrogen) atoms. The number of piperidine rings is 1. The van der Waals surface area contributed by atoms with Crippen LogP contribution in [0, 0.1) is 5.92 Å². The fraction of sp³-hybridized carbons (Fsp3) is 0.682. The van der Waals surface area contributed by atoms with Crippen molar-refractivity contribution in [1.29, 1.82) is 0 Å². The Morgan fingerprint density at radius 3 is 2.59 bits per heavy atom. The van der Waals surface area contributed by atoms with Crippen LogP contribution >= 0.6 is 0 Å². The van der Waals surface area contributed by atoms with Gasteiger partial charge >= 0.3 is 0 Å². The molecule has 1 heterocycles. The molecule has 0 atom stereocenters. The lowest BCUT2D eigenvalue weighted by Gasteiger charge is -2.33. The van der Waals surface area contributed by atoms with Crippen LogP contribution in [0.1, 0.15) is 51.0 Å². The highest BCUT2D eigenvalue weighted by atomic mass is 16.5. The number of rotatable bonds is 8. The first-order valence-corrected chi connectivity index (χ1v) is 10.8. The summed E-state index contributed by atoms with van der Waals surface area (Å²) in [6.07, 6.45) is 7.86. The number of hydrogen-bond acceptors (Lipinski definition) is 3. The molecule has 3 fully saturated rings. The summed E-state index contributed by atoms with van der Waals surface area (Å²) >= 11 is 0. The van der Waals surface area contributed by atoms with Gasteiger partial charge in [-0.25, -0.2) is 4.99 Å².